The average Bonchev–Trinajstić information content (AvgIpc) is 3.71. The quantitative estimate of drug-likeness (QED) is 0.148. The van der Waals surface area contributed by atoms with Crippen LogP contribution >= 0.6 is 0 Å². The van der Waals surface area contributed by atoms with Crippen molar-refractivity contribution < 1.29 is 0 Å². The number of anilines is 3. The molecule has 12 aromatic rings. The molecule has 0 radical (unpaired) electrons. The van der Waals surface area contributed by atoms with Crippen LogP contribution in [0.5, 0.6) is 0 Å². The van der Waals surface area contributed by atoms with Crippen molar-refractivity contribution in [3.05, 3.63) is 255 Å². The van der Waals surface area contributed by atoms with Gasteiger partial charge in [0, 0.05) is 33.4 Å². The third-order valence-corrected chi connectivity index (χ3v) is 12.8. The van der Waals surface area contributed by atoms with Gasteiger partial charge in [0.25, 0.3) is 0 Å². The molecule has 0 saturated heterocycles. The van der Waals surface area contributed by atoms with Gasteiger partial charge in [-0.15, -0.1) is 0 Å². The average molecular weight is 815 g/mol. The van der Waals surface area contributed by atoms with Crippen LogP contribution in [-0.4, -0.2) is 4.57 Å². The normalized spacial score (nSPS) is 11.4. The number of benzene rings is 11. The second-order valence-electron chi connectivity index (χ2n) is 16.5. The highest BCUT2D eigenvalue weighted by molar-refractivity contribution is 6.11. The molecule has 0 aliphatic carbocycles. The lowest BCUT2D eigenvalue weighted by atomic mass is 9.90. The molecule has 2 heteroatoms. The number of rotatable bonds is 8. The molecule has 0 atom stereocenters. The largest absolute Gasteiger partial charge is 0.310 e. The smallest absolute Gasteiger partial charge is 0.0541 e. The molecule has 0 amide bonds. The van der Waals surface area contributed by atoms with Crippen LogP contribution < -0.4 is 4.90 Å². The molecule has 0 unspecified atom stereocenters. The van der Waals surface area contributed by atoms with E-state index in [1.165, 1.54) is 87.9 Å². The van der Waals surface area contributed by atoms with Gasteiger partial charge in [-0.25, -0.2) is 0 Å². The van der Waals surface area contributed by atoms with E-state index in [1.54, 1.807) is 0 Å². The molecule has 0 bridgehead atoms. The predicted octanol–water partition coefficient (Wildman–Crippen LogP) is 17.2. The van der Waals surface area contributed by atoms with Crippen molar-refractivity contribution in [2.45, 2.75) is 0 Å². The fraction of sp³-hybridized carbons (Fsp3) is 0. The molecule has 0 fully saturated rings. The zero-order valence-electron chi connectivity index (χ0n) is 35.1. The SMILES string of the molecule is c1ccc(-c2cccc3cccc(-c4ccccc4N(c4ccc(-c5ccc6ccccc6c5)cc4)c4ccc(-c5ccc6c(c5)c5ccccc5n6-c5ccccc5)cc4)c23)cc1. The highest BCUT2D eigenvalue weighted by Crippen LogP contribution is 2.45. The van der Waals surface area contributed by atoms with Crippen LogP contribution in [0.15, 0.2) is 255 Å². The van der Waals surface area contributed by atoms with Crippen LogP contribution in [0.1, 0.15) is 0 Å². The lowest BCUT2D eigenvalue weighted by Crippen LogP contribution is -2.11. The maximum atomic E-state index is 2.42. The summed E-state index contributed by atoms with van der Waals surface area (Å²) in [7, 11) is 0. The van der Waals surface area contributed by atoms with Crippen molar-refractivity contribution in [3.63, 3.8) is 0 Å². The first-order valence-electron chi connectivity index (χ1n) is 22.0. The fourth-order valence-corrected chi connectivity index (χ4v) is 9.73. The molecule has 0 aliphatic rings. The van der Waals surface area contributed by atoms with Gasteiger partial charge in [-0.2, -0.15) is 0 Å². The summed E-state index contributed by atoms with van der Waals surface area (Å²) < 4.78 is 2.37. The summed E-state index contributed by atoms with van der Waals surface area (Å²) in [6.45, 7) is 0. The first-order chi connectivity index (χ1) is 31.7. The molecular weight excluding hydrogens is 773 g/mol. The Bertz CT molecular complexity index is 3640. The molecule has 11 aromatic carbocycles. The Balaban J connectivity index is 0.998. The molecule has 2 nitrogen and oxygen atoms in total. The van der Waals surface area contributed by atoms with Gasteiger partial charge in [0.15, 0.2) is 0 Å². The summed E-state index contributed by atoms with van der Waals surface area (Å²) in [4.78, 5) is 2.42. The van der Waals surface area contributed by atoms with Gasteiger partial charge < -0.3 is 9.47 Å². The Morgan fingerprint density at radius 2 is 0.812 bits per heavy atom. The van der Waals surface area contributed by atoms with Crippen molar-refractivity contribution in [3.8, 4) is 50.2 Å². The third-order valence-electron chi connectivity index (χ3n) is 12.8. The molecule has 0 saturated carbocycles. The van der Waals surface area contributed by atoms with E-state index in [9.17, 15) is 0 Å². The molecule has 0 aliphatic heterocycles. The van der Waals surface area contributed by atoms with Crippen molar-refractivity contribution in [1.29, 1.82) is 0 Å². The Labute approximate surface area is 373 Å². The molecule has 0 spiro atoms. The zero-order valence-corrected chi connectivity index (χ0v) is 35.1. The fourth-order valence-electron chi connectivity index (χ4n) is 9.73. The standard InChI is InChI=1S/C62H42N2/c1-3-16-46(17-4-1)54-25-13-19-47-20-14-26-57(62(47)54)55-23-9-11-27-59(55)63(52-36-31-44(32-37-52)49-30-29-43-15-7-8-18-48(43)41-49)53-38-33-45(34-39-53)50-35-40-61-58(42-50)56-24-10-12-28-60(56)64(61)51-21-5-2-6-22-51/h1-42H. The zero-order chi connectivity index (χ0) is 42.4. The third kappa shape index (κ3) is 6.52. The molecule has 12 rings (SSSR count). The van der Waals surface area contributed by atoms with Gasteiger partial charge in [-0.1, -0.05) is 188 Å². The second kappa shape index (κ2) is 15.8. The van der Waals surface area contributed by atoms with Crippen LogP contribution in [0.25, 0.3) is 93.5 Å². The van der Waals surface area contributed by atoms with Gasteiger partial charge in [0.05, 0.1) is 16.7 Å². The minimum absolute atomic E-state index is 1.08. The minimum atomic E-state index is 1.08. The van der Waals surface area contributed by atoms with Crippen molar-refractivity contribution in [2.24, 2.45) is 0 Å². The second-order valence-corrected chi connectivity index (χ2v) is 16.5. The molecule has 64 heavy (non-hydrogen) atoms. The predicted molar refractivity (Wildman–Crippen MR) is 272 cm³/mol. The number of nitrogens with zero attached hydrogens (tertiary/aromatic N) is 2. The van der Waals surface area contributed by atoms with E-state index in [4.69, 9.17) is 0 Å². The van der Waals surface area contributed by atoms with Gasteiger partial charge in [-0.3, -0.25) is 0 Å². The molecule has 1 heterocycles. The number of hydrogen-bond acceptors (Lipinski definition) is 1. The van der Waals surface area contributed by atoms with E-state index >= 15 is 0 Å². The van der Waals surface area contributed by atoms with E-state index < -0.39 is 0 Å². The Hall–Kier alpha value is -8.46. The maximum absolute atomic E-state index is 2.42. The summed E-state index contributed by atoms with van der Waals surface area (Å²) in [5.41, 5.74) is 16.4. The van der Waals surface area contributed by atoms with E-state index in [2.05, 4.69) is 264 Å². The van der Waals surface area contributed by atoms with Gasteiger partial charge >= 0.3 is 0 Å². The van der Waals surface area contributed by atoms with Gasteiger partial charge in [-0.05, 0) is 127 Å². The first kappa shape index (κ1) is 37.3. The van der Waals surface area contributed by atoms with Crippen LogP contribution in [0.4, 0.5) is 17.1 Å². The lowest BCUT2D eigenvalue weighted by molar-refractivity contribution is 1.18. The van der Waals surface area contributed by atoms with Gasteiger partial charge in [0.1, 0.15) is 0 Å². The molecular formula is C62H42N2. The van der Waals surface area contributed by atoms with Crippen LogP contribution in [0.2, 0.25) is 0 Å². The Kier molecular flexibility index (Phi) is 9.20. The number of aromatic nitrogens is 1. The Morgan fingerprint density at radius 3 is 1.56 bits per heavy atom. The number of para-hydroxylation sites is 3. The first-order valence-corrected chi connectivity index (χ1v) is 22.0. The van der Waals surface area contributed by atoms with Crippen LogP contribution in [0, 0.1) is 0 Å². The molecule has 300 valence electrons. The number of hydrogen-bond donors (Lipinski definition) is 0. The summed E-state index contributed by atoms with van der Waals surface area (Å²) in [5.74, 6) is 0. The van der Waals surface area contributed by atoms with E-state index in [-0.39, 0.29) is 0 Å². The summed E-state index contributed by atoms with van der Waals surface area (Å²) >= 11 is 0. The van der Waals surface area contributed by atoms with Crippen LogP contribution in [-0.2, 0) is 0 Å². The maximum Gasteiger partial charge on any atom is 0.0541 e. The van der Waals surface area contributed by atoms with Crippen molar-refractivity contribution >= 4 is 60.4 Å². The van der Waals surface area contributed by atoms with Gasteiger partial charge in [0.2, 0.25) is 0 Å². The Morgan fingerprint density at radius 1 is 0.281 bits per heavy atom. The topological polar surface area (TPSA) is 8.17 Å². The van der Waals surface area contributed by atoms with Crippen molar-refractivity contribution in [2.75, 3.05) is 4.90 Å². The molecule has 1 aromatic heterocycles. The molecule has 0 N–H and O–H groups in total. The minimum Gasteiger partial charge on any atom is -0.310 e. The summed E-state index contributed by atoms with van der Waals surface area (Å²) in [6.07, 6.45) is 0. The summed E-state index contributed by atoms with van der Waals surface area (Å²) in [6, 6.07) is 92.7. The highest BCUT2D eigenvalue weighted by Gasteiger charge is 2.20. The van der Waals surface area contributed by atoms with Crippen molar-refractivity contribution in [1.82, 2.24) is 4.57 Å². The van der Waals surface area contributed by atoms with E-state index in [0.717, 1.165) is 22.7 Å². The van der Waals surface area contributed by atoms with E-state index in [1.807, 2.05) is 0 Å². The number of fused-ring (bicyclic) bond motifs is 5. The highest BCUT2D eigenvalue weighted by atomic mass is 15.1. The lowest BCUT2D eigenvalue weighted by Gasteiger charge is -2.29. The summed E-state index contributed by atoms with van der Waals surface area (Å²) in [5, 5.41) is 7.44. The van der Waals surface area contributed by atoms with Crippen LogP contribution in [0.3, 0.4) is 0 Å². The monoisotopic (exact) mass is 814 g/mol. The van der Waals surface area contributed by atoms with E-state index in [0.29, 0.717) is 0 Å².